The van der Waals surface area contributed by atoms with Crippen LogP contribution in [0.4, 0.5) is 5.69 Å². The topological polar surface area (TPSA) is 83.6 Å². The number of nitrogens with zero attached hydrogens (tertiary/aromatic N) is 2. The van der Waals surface area contributed by atoms with Crippen molar-refractivity contribution >= 4 is 39.1 Å². The first-order chi connectivity index (χ1) is 16.0. The third-order valence-electron chi connectivity index (χ3n) is 7.30. The van der Waals surface area contributed by atoms with E-state index in [9.17, 15) is 9.59 Å². The number of hydrogen-bond acceptors (Lipinski definition) is 6. The lowest BCUT2D eigenvalue weighted by molar-refractivity contribution is -0.145. The Morgan fingerprint density at radius 1 is 1.18 bits per heavy atom. The van der Waals surface area contributed by atoms with Crippen molar-refractivity contribution in [2.75, 3.05) is 18.9 Å². The van der Waals surface area contributed by atoms with Gasteiger partial charge in [-0.15, -0.1) is 11.3 Å². The number of aromatic nitrogens is 1. The number of para-hydroxylation sites is 2. The summed E-state index contributed by atoms with van der Waals surface area (Å²) in [5, 5.41) is 7.07. The highest BCUT2D eigenvalue weighted by atomic mass is 32.1. The maximum atomic E-state index is 13.7. The Labute approximate surface area is 196 Å². The van der Waals surface area contributed by atoms with E-state index in [1.54, 1.807) is 18.4 Å². The molecule has 0 aliphatic carbocycles. The second-order valence-electron chi connectivity index (χ2n) is 9.28. The van der Waals surface area contributed by atoms with Gasteiger partial charge in [0, 0.05) is 12.2 Å². The van der Waals surface area contributed by atoms with Crippen molar-refractivity contribution in [3.05, 3.63) is 59.1 Å². The number of hydrogen-bond donors (Lipinski definition) is 2. The van der Waals surface area contributed by atoms with Crippen LogP contribution in [0.3, 0.4) is 0 Å². The molecule has 3 aliphatic rings. The van der Waals surface area contributed by atoms with Gasteiger partial charge in [-0.25, -0.2) is 4.98 Å². The fourth-order valence-electron chi connectivity index (χ4n) is 5.69. The fourth-order valence-corrected chi connectivity index (χ4v) is 6.75. The van der Waals surface area contributed by atoms with Crippen molar-refractivity contribution in [1.29, 1.82) is 0 Å². The van der Waals surface area contributed by atoms with Crippen LogP contribution in [0.15, 0.2) is 48.5 Å². The van der Waals surface area contributed by atoms with Crippen molar-refractivity contribution in [3.63, 3.8) is 0 Å². The predicted octanol–water partition coefficient (Wildman–Crippen LogP) is 3.23. The molecule has 2 aromatic carbocycles. The maximum absolute atomic E-state index is 13.7. The second kappa shape index (κ2) is 7.62. The quantitative estimate of drug-likeness (QED) is 0.611. The molecule has 0 bridgehead atoms. The van der Waals surface area contributed by atoms with Crippen molar-refractivity contribution in [3.8, 4) is 0 Å². The molecular formula is C25H26N4O3S. The number of anilines is 1. The molecule has 2 N–H and O–H groups in total. The van der Waals surface area contributed by atoms with E-state index >= 15 is 0 Å². The van der Waals surface area contributed by atoms with Gasteiger partial charge in [0.1, 0.15) is 11.1 Å². The molecule has 8 heteroatoms. The minimum atomic E-state index is -0.777. The molecular weight excluding hydrogens is 436 g/mol. The zero-order valence-corrected chi connectivity index (χ0v) is 19.4. The van der Waals surface area contributed by atoms with Gasteiger partial charge in [-0.3, -0.25) is 9.59 Å². The zero-order chi connectivity index (χ0) is 22.7. The van der Waals surface area contributed by atoms with E-state index in [1.807, 2.05) is 54.3 Å². The molecule has 2 fully saturated rings. The summed E-state index contributed by atoms with van der Waals surface area (Å²) in [7, 11) is 1.81. The molecule has 0 radical (unpaired) electrons. The number of fused-ring (bicyclic) bond motifs is 4. The third-order valence-corrected chi connectivity index (χ3v) is 8.40. The van der Waals surface area contributed by atoms with Crippen molar-refractivity contribution < 1.29 is 14.3 Å². The van der Waals surface area contributed by atoms with Gasteiger partial charge in [-0.1, -0.05) is 30.3 Å². The highest BCUT2D eigenvalue weighted by Crippen LogP contribution is 2.50. The average Bonchev–Trinajstić information content (AvgIpc) is 3.49. The maximum Gasteiger partial charge on any atom is 0.240 e. The van der Waals surface area contributed by atoms with Crippen LogP contribution < -0.4 is 10.6 Å². The lowest BCUT2D eigenvalue weighted by Gasteiger charge is -2.37. The number of carbonyl (C=O) groups excluding carboxylic acids is 2. The minimum Gasteiger partial charge on any atom is -0.366 e. The number of benzene rings is 2. The van der Waals surface area contributed by atoms with E-state index in [-0.39, 0.29) is 36.1 Å². The molecule has 1 aromatic heterocycles. The van der Waals surface area contributed by atoms with Gasteiger partial charge < -0.3 is 20.3 Å². The van der Waals surface area contributed by atoms with E-state index in [2.05, 4.69) is 16.7 Å². The van der Waals surface area contributed by atoms with Crippen LogP contribution in [0.2, 0.25) is 0 Å². The van der Waals surface area contributed by atoms with Gasteiger partial charge in [0.2, 0.25) is 11.8 Å². The summed E-state index contributed by atoms with van der Waals surface area (Å²) in [6.45, 7) is 2.35. The molecule has 0 saturated carbocycles. The average molecular weight is 463 g/mol. The van der Waals surface area contributed by atoms with Crippen molar-refractivity contribution in [2.24, 2.45) is 0 Å². The lowest BCUT2D eigenvalue weighted by Crippen LogP contribution is -2.53. The van der Waals surface area contributed by atoms with Crippen LogP contribution in [0.1, 0.15) is 36.4 Å². The van der Waals surface area contributed by atoms with E-state index in [4.69, 9.17) is 9.72 Å². The summed E-state index contributed by atoms with van der Waals surface area (Å²) in [5.74, 6) is -0.0156. The van der Waals surface area contributed by atoms with Crippen LogP contribution in [0, 0.1) is 0 Å². The third kappa shape index (κ3) is 3.12. The molecule has 3 aliphatic heterocycles. The molecule has 33 heavy (non-hydrogen) atoms. The van der Waals surface area contributed by atoms with Gasteiger partial charge in [0.25, 0.3) is 0 Å². The molecule has 2 unspecified atom stereocenters. The Bertz CT molecular complexity index is 1230. The van der Waals surface area contributed by atoms with Crippen LogP contribution in [0.5, 0.6) is 0 Å². The van der Waals surface area contributed by atoms with E-state index in [0.717, 1.165) is 26.5 Å². The first-order valence-electron chi connectivity index (χ1n) is 11.4. The molecule has 1 spiro atoms. The lowest BCUT2D eigenvalue weighted by atomic mass is 9.79. The summed E-state index contributed by atoms with van der Waals surface area (Å²) in [5.41, 5.74) is 1.95. The number of rotatable bonds is 2. The zero-order valence-electron chi connectivity index (χ0n) is 18.6. The summed E-state index contributed by atoms with van der Waals surface area (Å²) in [6.07, 6.45) is 0.548. The summed E-state index contributed by atoms with van der Waals surface area (Å²) in [6, 6.07) is 15.2. The van der Waals surface area contributed by atoms with E-state index in [0.29, 0.717) is 19.4 Å². The Balaban J connectivity index is 1.48. The highest BCUT2D eigenvalue weighted by molar-refractivity contribution is 7.18. The largest absolute Gasteiger partial charge is 0.366 e. The molecule has 5 atom stereocenters. The summed E-state index contributed by atoms with van der Waals surface area (Å²) in [4.78, 5) is 33.8. The van der Waals surface area contributed by atoms with Gasteiger partial charge >= 0.3 is 0 Å². The standard InChI is InChI=1S/C25H26N4O3S/c1-14-11-18(26-2)23(30)29-13-25(15-7-3-4-8-16(15)28-24(25)31)12-19(29)21(32-14)22-27-17-9-5-6-10-20(17)33-22/h3-10,14,18-19,21,26H,11-13H2,1-2H3,(H,28,31)/t14?,18-,19-,21?,25-/m0/s1. The van der Waals surface area contributed by atoms with Crippen LogP contribution in [-0.4, -0.2) is 53.5 Å². The number of nitrogens with one attached hydrogen (secondary N) is 2. The first-order valence-corrected chi connectivity index (χ1v) is 12.2. The second-order valence-corrected chi connectivity index (χ2v) is 10.3. The predicted molar refractivity (Wildman–Crippen MR) is 127 cm³/mol. The minimum absolute atomic E-state index is 0.0258. The molecule has 2 amide bonds. The number of amides is 2. The fraction of sp³-hybridized carbons (Fsp3) is 0.400. The van der Waals surface area contributed by atoms with Crippen molar-refractivity contribution in [2.45, 2.75) is 49.5 Å². The Morgan fingerprint density at radius 3 is 2.79 bits per heavy atom. The van der Waals surface area contributed by atoms with Crippen molar-refractivity contribution in [1.82, 2.24) is 15.2 Å². The molecule has 4 heterocycles. The van der Waals surface area contributed by atoms with Crippen LogP contribution in [-0.2, 0) is 19.7 Å². The smallest absolute Gasteiger partial charge is 0.240 e. The molecule has 6 rings (SSSR count). The van der Waals surface area contributed by atoms with Gasteiger partial charge in [0.05, 0.1) is 33.8 Å². The molecule has 3 aromatic rings. The molecule has 7 nitrogen and oxygen atoms in total. The van der Waals surface area contributed by atoms with E-state index in [1.165, 1.54) is 0 Å². The van der Waals surface area contributed by atoms with Gasteiger partial charge in [-0.2, -0.15) is 0 Å². The normalized spacial score (nSPS) is 31.4. The molecule has 2 saturated heterocycles. The molecule has 170 valence electrons. The van der Waals surface area contributed by atoms with Gasteiger partial charge in [0.15, 0.2) is 0 Å². The Morgan fingerprint density at radius 2 is 1.97 bits per heavy atom. The number of likely N-dealkylation sites (N-methyl/N-ethyl adjacent to an activating group) is 1. The van der Waals surface area contributed by atoms with Crippen LogP contribution in [0.25, 0.3) is 10.2 Å². The van der Waals surface area contributed by atoms with E-state index < -0.39 is 5.41 Å². The number of ether oxygens (including phenoxy) is 1. The summed E-state index contributed by atoms with van der Waals surface area (Å²) >= 11 is 1.61. The number of carbonyl (C=O) groups is 2. The Kier molecular flexibility index (Phi) is 4.79. The monoisotopic (exact) mass is 462 g/mol. The number of thiazole rings is 1. The van der Waals surface area contributed by atoms with Gasteiger partial charge in [-0.05, 0) is 50.6 Å². The Hall–Kier alpha value is -2.81. The summed E-state index contributed by atoms with van der Waals surface area (Å²) < 4.78 is 7.70. The SMILES string of the molecule is CN[C@H]1CC(C)OC(c2nc3ccccc3s2)[C@@H]2C[C@@]3(CN2C1=O)C(=O)Nc1ccccc13. The first kappa shape index (κ1) is 20.8. The van der Waals surface area contributed by atoms with Crippen LogP contribution >= 0.6 is 11.3 Å². The highest BCUT2D eigenvalue weighted by Gasteiger charge is 2.59.